The zero-order valence-electron chi connectivity index (χ0n) is 14.3. The number of ether oxygens (including phenoxy) is 1. The number of nitrogens with zero attached hydrogens (tertiary/aromatic N) is 1. The maximum absolute atomic E-state index is 11.2. The summed E-state index contributed by atoms with van der Waals surface area (Å²) in [6.45, 7) is 6.09. The minimum absolute atomic E-state index is 0.210. The summed E-state index contributed by atoms with van der Waals surface area (Å²) in [6.07, 6.45) is 6.74. The average Bonchev–Trinajstić information content (AvgIpc) is 2.99. The second kappa shape index (κ2) is 6.10. The molecule has 1 aliphatic carbocycles. The molecule has 4 nitrogen and oxygen atoms in total. The molecule has 126 valence electrons. The van der Waals surface area contributed by atoms with Gasteiger partial charge in [0.25, 0.3) is 0 Å². The summed E-state index contributed by atoms with van der Waals surface area (Å²) in [5, 5.41) is 1.39. The van der Waals surface area contributed by atoms with Gasteiger partial charge in [0.2, 0.25) is 0 Å². The van der Waals surface area contributed by atoms with Crippen LogP contribution in [0.25, 0.3) is 10.9 Å². The smallest absolute Gasteiger partial charge is 0.302 e. The third-order valence-electron chi connectivity index (χ3n) is 5.28. The molecule has 0 fully saturated rings. The van der Waals surface area contributed by atoms with E-state index >= 15 is 0 Å². The Morgan fingerprint density at radius 2 is 2.29 bits per heavy atom. The van der Waals surface area contributed by atoms with E-state index in [2.05, 4.69) is 47.3 Å². The monoisotopic (exact) mass is 324 g/mol. The molecule has 0 saturated carbocycles. The summed E-state index contributed by atoms with van der Waals surface area (Å²) in [5.41, 5.74) is 5.28. The Morgan fingerprint density at radius 1 is 1.42 bits per heavy atom. The van der Waals surface area contributed by atoms with Crippen molar-refractivity contribution in [2.75, 3.05) is 19.7 Å². The number of carbonyl (C=O) groups excluding carboxylic acids is 1. The number of benzene rings is 1. The highest BCUT2D eigenvalue weighted by molar-refractivity contribution is 5.88. The van der Waals surface area contributed by atoms with Crippen molar-refractivity contribution in [1.29, 1.82) is 0 Å². The Morgan fingerprint density at radius 3 is 3.08 bits per heavy atom. The molecule has 24 heavy (non-hydrogen) atoms. The van der Waals surface area contributed by atoms with Gasteiger partial charge in [-0.2, -0.15) is 0 Å². The number of nitrogens with one attached hydrogen (secondary N) is 1. The Labute approximate surface area is 142 Å². The lowest BCUT2D eigenvalue weighted by Crippen LogP contribution is -2.47. The van der Waals surface area contributed by atoms with E-state index in [1.54, 1.807) is 0 Å². The Kier molecular flexibility index (Phi) is 3.93. The van der Waals surface area contributed by atoms with Crippen LogP contribution in [0.5, 0.6) is 0 Å². The number of hydrogen-bond acceptors (Lipinski definition) is 3. The molecule has 2 aliphatic rings. The van der Waals surface area contributed by atoms with Crippen molar-refractivity contribution in [2.24, 2.45) is 0 Å². The first-order valence-corrected chi connectivity index (χ1v) is 8.83. The van der Waals surface area contributed by atoms with Gasteiger partial charge in [0.05, 0.1) is 0 Å². The Hall–Kier alpha value is -2.07. The third kappa shape index (κ3) is 2.55. The molecule has 1 aromatic heterocycles. The topological polar surface area (TPSA) is 45.3 Å². The van der Waals surface area contributed by atoms with Gasteiger partial charge in [0.15, 0.2) is 0 Å². The lowest BCUT2D eigenvalue weighted by Gasteiger charge is -2.43. The molecule has 1 aromatic carbocycles. The van der Waals surface area contributed by atoms with E-state index < -0.39 is 0 Å². The predicted octanol–water partition coefficient (Wildman–Crippen LogP) is 3.39. The van der Waals surface area contributed by atoms with Gasteiger partial charge in [-0.1, -0.05) is 25.1 Å². The lowest BCUT2D eigenvalue weighted by molar-refractivity contribution is -0.140. The molecule has 0 unspecified atom stereocenters. The molecule has 4 rings (SSSR count). The quantitative estimate of drug-likeness (QED) is 0.692. The van der Waals surface area contributed by atoms with Gasteiger partial charge in [-0.25, -0.2) is 0 Å². The number of aromatic amines is 1. The van der Waals surface area contributed by atoms with Crippen LogP contribution in [0.4, 0.5) is 0 Å². The standard InChI is InChI=1S/C20H24N2O2/c1-3-7-22-11-14(12-24-13(2)23)8-17-16-5-4-6-18-20(16)15(10-21-18)9-19(17)22/h4-6,8,10,17,19,21H,3,7,9,11-12H2,1-2H3/t17-,19-/m1/s1. The summed E-state index contributed by atoms with van der Waals surface area (Å²) in [7, 11) is 0. The number of rotatable bonds is 4. The highest BCUT2D eigenvalue weighted by Crippen LogP contribution is 2.42. The number of fused-ring (bicyclic) bond motifs is 2. The van der Waals surface area contributed by atoms with Crippen LogP contribution in [0.1, 0.15) is 37.3 Å². The lowest BCUT2D eigenvalue weighted by atomic mass is 9.76. The zero-order valence-corrected chi connectivity index (χ0v) is 14.3. The molecule has 2 atom stereocenters. The van der Waals surface area contributed by atoms with Crippen LogP contribution in [-0.2, 0) is 16.0 Å². The van der Waals surface area contributed by atoms with Crippen molar-refractivity contribution < 1.29 is 9.53 Å². The molecule has 0 saturated heterocycles. The molecule has 2 aromatic rings. The van der Waals surface area contributed by atoms with Gasteiger partial charge < -0.3 is 9.72 Å². The molecule has 0 spiro atoms. The molecular formula is C20H24N2O2. The number of H-pyrrole nitrogens is 1. The molecule has 1 N–H and O–H groups in total. The second-order valence-corrected chi connectivity index (χ2v) is 6.96. The first kappa shape index (κ1) is 15.5. The summed E-state index contributed by atoms with van der Waals surface area (Å²) in [5.74, 6) is 0.168. The van der Waals surface area contributed by atoms with E-state index in [1.807, 2.05) is 0 Å². The number of esters is 1. The van der Waals surface area contributed by atoms with Gasteiger partial charge in [-0.15, -0.1) is 0 Å². The van der Waals surface area contributed by atoms with Crippen molar-refractivity contribution in [3.8, 4) is 0 Å². The van der Waals surface area contributed by atoms with Crippen LogP contribution in [0.2, 0.25) is 0 Å². The number of aromatic nitrogens is 1. The summed E-state index contributed by atoms with van der Waals surface area (Å²) >= 11 is 0. The molecule has 4 heteroatoms. The van der Waals surface area contributed by atoms with Gasteiger partial charge in [-0.05, 0) is 42.2 Å². The van der Waals surface area contributed by atoms with Gasteiger partial charge >= 0.3 is 5.97 Å². The Bertz CT molecular complexity index is 805. The fraction of sp³-hybridized carbons (Fsp3) is 0.450. The van der Waals surface area contributed by atoms with Crippen LogP contribution in [0, 0.1) is 0 Å². The van der Waals surface area contributed by atoms with Crippen molar-refractivity contribution >= 4 is 16.9 Å². The van der Waals surface area contributed by atoms with Crippen LogP contribution in [0.3, 0.4) is 0 Å². The van der Waals surface area contributed by atoms with Gasteiger partial charge in [0.1, 0.15) is 6.61 Å². The van der Waals surface area contributed by atoms with Crippen LogP contribution in [-0.4, -0.2) is 41.6 Å². The summed E-state index contributed by atoms with van der Waals surface area (Å²) in [4.78, 5) is 17.2. The maximum atomic E-state index is 11.2. The first-order valence-electron chi connectivity index (χ1n) is 8.83. The maximum Gasteiger partial charge on any atom is 0.302 e. The fourth-order valence-electron chi connectivity index (χ4n) is 4.35. The van der Waals surface area contributed by atoms with E-state index in [-0.39, 0.29) is 5.97 Å². The molecular weight excluding hydrogens is 300 g/mol. The van der Waals surface area contributed by atoms with E-state index in [9.17, 15) is 4.79 Å². The molecule has 1 aliphatic heterocycles. The van der Waals surface area contributed by atoms with E-state index in [1.165, 1.54) is 34.5 Å². The second-order valence-electron chi connectivity index (χ2n) is 6.96. The van der Waals surface area contributed by atoms with Crippen LogP contribution >= 0.6 is 0 Å². The van der Waals surface area contributed by atoms with Crippen LogP contribution in [0.15, 0.2) is 36.0 Å². The van der Waals surface area contributed by atoms with E-state index in [0.29, 0.717) is 18.6 Å². The predicted molar refractivity (Wildman–Crippen MR) is 95.1 cm³/mol. The van der Waals surface area contributed by atoms with Crippen LogP contribution < -0.4 is 0 Å². The summed E-state index contributed by atoms with van der Waals surface area (Å²) in [6, 6.07) is 7.04. The number of hydrogen-bond donors (Lipinski definition) is 1. The van der Waals surface area contributed by atoms with Crippen molar-refractivity contribution in [2.45, 2.75) is 38.6 Å². The third-order valence-corrected chi connectivity index (χ3v) is 5.28. The highest BCUT2D eigenvalue weighted by atomic mass is 16.5. The highest BCUT2D eigenvalue weighted by Gasteiger charge is 2.36. The van der Waals surface area contributed by atoms with E-state index in [0.717, 1.165) is 25.9 Å². The van der Waals surface area contributed by atoms with Gasteiger partial charge in [-0.3, -0.25) is 9.69 Å². The molecule has 0 radical (unpaired) electrons. The largest absolute Gasteiger partial charge is 0.461 e. The first-order chi connectivity index (χ1) is 11.7. The minimum atomic E-state index is -0.210. The van der Waals surface area contributed by atoms with Crippen molar-refractivity contribution in [3.63, 3.8) is 0 Å². The van der Waals surface area contributed by atoms with Crippen molar-refractivity contribution in [1.82, 2.24) is 9.88 Å². The SMILES string of the molecule is CCCN1CC(COC(C)=O)=C[C@@H]2c3cccc4[nH]cc(c34)C[C@H]21. The van der Waals surface area contributed by atoms with Gasteiger partial charge in [0, 0.05) is 42.5 Å². The zero-order chi connectivity index (χ0) is 16.7. The molecule has 0 bridgehead atoms. The normalized spacial score (nSPS) is 23.0. The number of carbonyl (C=O) groups is 1. The fourth-order valence-corrected chi connectivity index (χ4v) is 4.35. The molecule has 0 amide bonds. The minimum Gasteiger partial charge on any atom is -0.461 e. The molecule has 2 heterocycles. The Balaban J connectivity index is 1.75. The van der Waals surface area contributed by atoms with E-state index in [4.69, 9.17) is 4.74 Å². The van der Waals surface area contributed by atoms with Crippen molar-refractivity contribution in [3.05, 3.63) is 47.2 Å². The average molecular weight is 324 g/mol. The summed E-state index contributed by atoms with van der Waals surface area (Å²) < 4.78 is 5.28.